The molecule has 1 aromatic carbocycles. The summed E-state index contributed by atoms with van der Waals surface area (Å²) >= 11 is 0. The zero-order chi connectivity index (χ0) is 13.0. The molecular weight excluding hydrogens is 224 g/mol. The minimum Gasteiger partial charge on any atom is -0.321 e. The molecule has 0 radical (unpaired) electrons. The van der Waals surface area contributed by atoms with Crippen molar-refractivity contribution >= 4 is 16.7 Å². The van der Waals surface area contributed by atoms with E-state index in [1.54, 1.807) is 0 Å². The van der Waals surface area contributed by atoms with Crippen LogP contribution < -0.4 is 5.73 Å². The molecule has 18 heavy (non-hydrogen) atoms. The predicted octanol–water partition coefficient (Wildman–Crippen LogP) is 2.47. The van der Waals surface area contributed by atoms with Crippen LogP contribution in [0.2, 0.25) is 0 Å². The Hall–Kier alpha value is -1.74. The van der Waals surface area contributed by atoms with Gasteiger partial charge in [0.1, 0.15) is 0 Å². The van der Waals surface area contributed by atoms with Crippen LogP contribution in [0.5, 0.6) is 0 Å². The highest BCUT2D eigenvalue weighted by atomic mass is 16.1. The molecule has 0 amide bonds. The smallest absolute Gasteiger partial charge is 0.155 e. The number of para-hydroxylation sites is 1. The lowest BCUT2D eigenvalue weighted by molar-refractivity contribution is -0.119. The van der Waals surface area contributed by atoms with E-state index in [-0.39, 0.29) is 11.8 Å². The Labute approximate surface area is 107 Å². The van der Waals surface area contributed by atoms with Crippen LogP contribution in [0.4, 0.5) is 0 Å². The van der Waals surface area contributed by atoms with Crippen LogP contribution in [0.3, 0.4) is 0 Å². The SMILES string of the molecule is CCCC(N)C(=O)Cc1ccc2ccccc2n1. The van der Waals surface area contributed by atoms with Crippen molar-refractivity contribution in [3.8, 4) is 0 Å². The van der Waals surface area contributed by atoms with Crippen molar-refractivity contribution in [2.75, 3.05) is 0 Å². The van der Waals surface area contributed by atoms with Gasteiger partial charge in [-0.05, 0) is 18.6 Å². The number of Topliss-reactive ketones (excluding diaryl/α,β-unsaturated/α-hetero) is 1. The highest BCUT2D eigenvalue weighted by Crippen LogP contribution is 2.12. The fourth-order valence-electron chi connectivity index (χ4n) is 1.99. The van der Waals surface area contributed by atoms with E-state index < -0.39 is 0 Å². The molecule has 2 N–H and O–H groups in total. The number of nitrogens with two attached hydrogens (primary N) is 1. The van der Waals surface area contributed by atoms with Gasteiger partial charge in [-0.3, -0.25) is 9.78 Å². The summed E-state index contributed by atoms with van der Waals surface area (Å²) in [5.41, 5.74) is 7.53. The molecule has 0 bridgehead atoms. The van der Waals surface area contributed by atoms with Gasteiger partial charge < -0.3 is 5.73 Å². The normalized spacial score (nSPS) is 12.6. The van der Waals surface area contributed by atoms with Gasteiger partial charge in [-0.15, -0.1) is 0 Å². The summed E-state index contributed by atoms with van der Waals surface area (Å²) in [5.74, 6) is 0.0691. The van der Waals surface area contributed by atoms with Crippen molar-refractivity contribution in [1.82, 2.24) is 4.98 Å². The van der Waals surface area contributed by atoms with E-state index in [1.165, 1.54) is 0 Å². The van der Waals surface area contributed by atoms with Gasteiger partial charge in [0, 0.05) is 11.1 Å². The van der Waals surface area contributed by atoms with Crippen LogP contribution in [0.1, 0.15) is 25.5 Å². The standard InChI is InChI=1S/C15H18N2O/c1-2-5-13(16)15(18)10-12-9-8-11-6-3-4-7-14(11)17-12/h3-4,6-9,13H,2,5,10,16H2,1H3. The molecule has 2 rings (SSSR count). The molecule has 0 saturated heterocycles. The summed E-state index contributed by atoms with van der Waals surface area (Å²) in [6.45, 7) is 2.03. The lowest BCUT2D eigenvalue weighted by Gasteiger charge is -2.09. The van der Waals surface area contributed by atoms with Crippen molar-refractivity contribution < 1.29 is 4.79 Å². The third-order valence-electron chi connectivity index (χ3n) is 3.02. The van der Waals surface area contributed by atoms with E-state index >= 15 is 0 Å². The summed E-state index contributed by atoms with van der Waals surface area (Å²) in [4.78, 5) is 16.4. The number of fused-ring (bicyclic) bond motifs is 1. The maximum Gasteiger partial charge on any atom is 0.155 e. The molecule has 0 saturated carbocycles. The predicted molar refractivity (Wildman–Crippen MR) is 73.3 cm³/mol. The number of benzene rings is 1. The maximum absolute atomic E-state index is 11.9. The van der Waals surface area contributed by atoms with Crippen LogP contribution in [0.15, 0.2) is 36.4 Å². The van der Waals surface area contributed by atoms with Gasteiger partial charge >= 0.3 is 0 Å². The van der Waals surface area contributed by atoms with Crippen molar-refractivity contribution in [1.29, 1.82) is 0 Å². The van der Waals surface area contributed by atoms with Crippen LogP contribution in [-0.2, 0) is 11.2 Å². The molecule has 0 aliphatic rings. The Kier molecular flexibility index (Phi) is 4.05. The van der Waals surface area contributed by atoms with Crippen LogP contribution in [0.25, 0.3) is 10.9 Å². The topological polar surface area (TPSA) is 56.0 Å². The second kappa shape index (κ2) is 5.74. The molecule has 0 fully saturated rings. The largest absolute Gasteiger partial charge is 0.321 e. The van der Waals surface area contributed by atoms with Gasteiger partial charge in [0.2, 0.25) is 0 Å². The van der Waals surface area contributed by atoms with Crippen molar-refractivity contribution in [3.05, 3.63) is 42.1 Å². The third-order valence-corrected chi connectivity index (χ3v) is 3.02. The highest BCUT2D eigenvalue weighted by molar-refractivity contribution is 5.86. The van der Waals surface area contributed by atoms with Crippen LogP contribution in [0, 0.1) is 0 Å². The fourth-order valence-corrected chi connectivity index (χ4v) is 1.99. The van der Waals surface area contributed by atoms with E-state index in [2.05, 4.69) is 4.98 Å². The lowest BCUT2D eigenvalue weighted by Crippen LogP contribution is -2.31. The highest BCUT2D eigenvalue weighted by Gasteiger charge is 2.13. The average molecular weight is 242 g/mol. The van der Waals surface area contributed by atoms with Gasteiger partial charge in [0.25, 0.3) is 0 Å². The number of hydrogen-bond acceptors (Lipinski definition) is 3. The van der Waals surface area contributed by atoms with Crippen molar-refractivity contribution in [3.63, 3.8) is 0 Å². The van der Waals surface area contributed by atoms with Crippen LogP contribution >= 0.6 is 0 Å². The molecule has 0 spiro atoms. The van der Waals surface area contributed by atoms with E-state index in [1.807, 2.05) is 43.3 Å². The number of hydrogen-bond donors (Lipinski definition) is 1. The number of pyridine rings is 1. The Morgan fingerprint density at radius 1 is 1.28 bits per heavy atom. The zero-order valence-electron chi connectivity index (χ0n) is 10.6. The van der Waals surface area contributed by atoms with E-state index in [0.29, 0.717) is 6.42 Å². The minimum absolute atomic E-state index is 0.0691. The van der Waals surface area contributed by atoms with Gasteiger partial charge in [-0.25, -0.2) is 0 Å². The average Bonchev–Trinajstić information content (AvgIpc) is 2.39. The molecule has 1 atom stereocenters. The first kappa shape index (κ1) is 12.7. The third kappa shape index (κ3) is 2.93. The van der Waals surface area contributed by atoms with Gasteiger partial charge in [-0.1, -0.05) is 37.6 Å². The molecule has 1 unspecified atom stereocenters. The van der Waals surface area contributed by atoms with E-state index in [4.69, 9.17) is 5.73 Å². The van der Waals surface area contributed by atoms with Gasteiger partial charge in [-0.2, -0.15) is 0 Å². The maximum atomic E-state index is 11.9. The molecule has 3 heteroatoms. The molecule has 3 nitrogen and oxygen atoms in total. The number of rotatable bonds is 5. The van der Waals surface area contributed by atoms with Crippen LogP contribution in [-0.4, -0.2) is 16.8 Å². The molecule has 1 aromatic heterocycles. The van der Waals surface area contributed by atoms with Crippen molar-refractivity contribution in [2.24, 2.45) is 5.73 Å². The molecule has 2 aromatic rings. The second-order valence-corrected chi connectivity index (χ2v) is 4.53. The number of carbonyl (C=O) groups is 1. The summed E-state index contributed by atoms with van der Waals surface area (Å²) in [7, 11) is 0. The molecule has 0 aliphatic carbocycles. The van der Waals surface area contributed by atoms with E-state index in [9.17, 15) is 4.79 Å². The second-order valence-electron chi connectivity index (χ2n) is 4.53. The molecular formula is C15H18N2O. The summed E-state index contributed by atoms with van der Waals surface area (Å²) in [5, 5.41) is 1.09. The summed E-state index contributed by atoms with van der Waals surface area (Å²) in [6.07, 6.45) is 2.00. The zero-order valence-corrected chi connectivity index (χ0v) is 10.6. The number of carbonyl (C=O) groups excluding carboxylic acids is 1. The Morgan fingerprint density at radius 3 is 2.83 bits per heavy atom. The fraction of sp³-hybridized carbons (Fsp3) is 0.333. The number of aromatic nitrogens is 1. The Bertz CT molecular complexity index is 551. The lowest BCUT2D eigenvalue weighted by atomic mass is 10.0. The Morgan fingerprint density at radius 2 is 2.06 bits per heavy atom. The van der Waals surface area contributed by atoms with Gasteiger partial charge in [0.15, 0.2) is 5.78 Å². The Balaban J connectivity index is 2.14. The quantitative estimate of drug-likeness (QED) is 0.876. The van der Waals surface area contributed by atoms with E-state index in [0.717, 1.165) is 29.4 Å². The molecule has 94 valence electrons. The first-order valence-electron chi connectivity index (χ1n) is 6.33. The van der Waals surface area contributed by atoms with Gasteiger partial charge in [0.05, 0.1) is 18.0 Å². The van der Waals surface area contributed by atoms with Crippen molar-refractivity contribution in [2.45, 2.75) is 32.2 Å². The first-order chi connectivity index (χ1) is 8.70. The monoisotopic (exact) mass is 242 g/mol. The number of nitrogens with zero attached hydrogens (tertiary/aromatic N) is 1. The molecule has 0 aliphatic heterocycles. The minimum atomic E-state index is -0.358. The molecule has 1 heterocycles. The number of ketones is 1. The first-order valence-corrected chi connectivity index (χ1v) is 6.33. The summed E-state index contributed by atoms with van der Waals surface area (Å²) in [6, 6.07) is 11.4. The summed E-state index contributed by atoms with van der Waals surface area (Å²) < 4.78 is 0.